The Labute approximate surface area is 184 Å². The number of nitrogens with two attached hydrogens (primary N) is 1. The van der Waals surface area contributed by atoms with Crippen LogP contribution in [0.1, 0.15) is 24.0 Å². The minimum absolute atomic E-state index is 0.326. The fraction of sp³-hybridized carbons (Fsp3) is 0.261. The average molecular weight is 466 g/mol. The Hall–Kier alpha value is -2.93. The van der Waals surface area contributed by atoms with Crippen molar-refractivity contribution in [1.29, 1.82) is 0 Å². The van der Waals surface area contributed by atoms with E-state index in [1.165, 1.54) is 6.33 Å². The summed E-state index contributed by atoms with van der Waals surface area (Å²) in [4.78, 5) is 23.7. The van der Waals surface area contributed by atoms with Crippen molar-refractivity contribution in [3.63, 3.8) is 0 Å². The molecule has 154 valence electrons. The Balaban J connectivity index is 1.63. The minimum atomic E-state index is -0.811. The standard InChI is InChI=1S/C23H24BrN5O/c24-19-20(26-15-18-10-5-2-6-11-18)27-16-28-21(19)29-13-7-12-23(29,22(25)30)14-17-8-3-1-4-9-17/h1-6,8-11,16H,7,12-15H2,(H2,25,30)(H,26,27,28). The van der Waals surface area contributed by atoms with Gasteiger partial charge in [-0.2, -0.15) is 0 Å². The Morgan fingerprint density at radius 3 is 2.40 bits per heavy atom. The second kappa shape index (κ2) is 8.83. The highest BCUT2D eigenvalue weighted by Crippen LogP contribution is 2.40. The van der Waals surface area contributed by atoms with Gasteiger partial charge in [-0.1, -0.05) is 60.7 Å². The SMILES string of the molecule is NC(=O)C1(Cc2ccccc2)CCCN1c1ncnc(NCc2ccccc2)c1Br. The van der Waals surface area contributed by atoms with E-state index in [1.54, 1.807) is 0 Å². The first kappa shape index (κ1) is 20.3. The van der Waals surface area contributed by atoms with Gasteiger partial charge in [0.15, 0.2) is 0 Å². The van der Waals surface area contributed by atoms with Crippen LogP contribution >= 0.6 is 15.9 Å². The lowest BCUT2D eigenvalue weighted by molar-refractivity contribution is -0.122. The van der Waals surface area contributed by atoms with Crippen molar-refractivity contribution in [2.24, 2.45) is 5.73 Å². The number of nitrogens with zero attached hydrogens (tertiary/aromatic N) is 3. The van der Waals surface area contributed by atoms with Crippen molar-refractivity contribution in [2.75, 3.05) is 16.8 Å². The predicted molar refractivity (Wildman–Crippen MR) is 122 cm³/mol. The molecule has 3 aromatic rings. The van der Waals surface area contributed by atoms with Gasteiger partial charge in [0.1, 0.15) is 28.0 Å². The molecule has 1 amide bonds. The maximum absolute atomic E-state index is 12.7. The van der Waals surface area contributed by atoms with Gasteiger partial charge in [0.05, 0.1) is 0 Å². The van der Waals surface area contributed by atoms with Crippen LogP contribution in [0.2, 0.25) is 0 Å². The van der Waals surface area contributed by atoms with E-state index in [9.17, 15) is 4.79 Å². The fourth-order valence-corrected chi connectivity index (χ4v) is 4.66. The number of hydrogen-bond donors (Lipinski definition) is 2. The lowest BCUT2D eigenvalue weighted by Crippen LogP contribution is -2.56. The van der Waals surface area contributed by atoms with E-state index < -0.39 is 5.54 Å². The number of benzene rings is 2. The van der Waals surface area contributed by atoms with E-state index in [0.29, 0.717) is 37.6 Å². The van der Waals surface area contributed by atoms with Crippen LogP contribution in [0.4, 0.5) is 11.6 Å². The minimum Gasteiger partial charge on any atom is -0.368 e. The van der Waals surface area contributed by atoms with Crippen molar-refractivity contribution in [2.45, 2.75) is 31.3 Å². The second-order valence-corrected chi connectivity index (χ2v) is 8.31. The molecule has 1 fully saturated rings. The van der Waals surface area contributed by atoms with Crippen molar-refractivity contribution in [3.05, 3.63) is 82.6 Å². The van der Waals surface area contributed by atoms with Crippen molar-refractivity contribution < 1.29 is 4.79 Å². The molecule has 4 rings (SSSR count). The van der Waals surface area contributed by atoms with E-state index in [0.717, 1.165) is 22.0 Å². The topological polar surface area (TPSA) is 84.1 Å². The van der Waals surface area contributed by atoms with Gasteiger partial charge < -0.3 is 16.0 Å². The molecule has 0 bridgehead atoms. The maximum atomic E-state index is 12.7. The number of carbonyl (C=O) groups excluding carboxylic acids is 1. The summed E-state index contributed by atoms with van der Waals surface area (Å²) in [5, 5.41) is 3.36. The lowest BCUT2D eigenvalue weighted by Gasteiger charge is -2.37. The van der Waals surface area contributed by atoms with Gasteiger partial charge in [-0.15, -0.1) is 0 Å². The number of primary amides is 1. The number of anilines is 2. The first-order valence-electron chi connectivity index (χ1n) is 10.00. The second-order valence-electron chi connectivity index (χ2n) is 7.51. The summed E-state index contributed by atoms with van der Waals surface area (Å²) in [6.45, 7) is 1.35. The number of nitrogens with one attached hydrogen (secondary N) is 1. The largest absolute Gasteiger partial charge is 0.368 e. The van der Waals surface area contributed by atoms with Crippen LogP contribution in [0.3, 0.4) is 0 Å². The molecular weight excluding hydrogens is 442 g/mol. The van der Waals surface area contributed by atoms with Gasteiger partial charge in [-0.3, -0.25) is 4.79 Å². The third-order valence-corrected chi connectivity index (χ3v) is 6.35. The van der Waals surface area contributed by atoms with Crippen LogP contribution in [0.15, 0.2) is 71.5 Å². The lowest BCUT2D eigenvalue weighted by atomic mass is 9.87. The third-order valence-electron chi connectivity index (χ3n) is 5.62. The van der Waals surface area contributed by atoms with E-state index in [2.05, 4.69) is 43.3 Å². The summed E-state index contributed by atoms with van der Waals surface area (Å²) in [5.74, 6) is 1.05. The highest BCUT2D eigenvalue weighted by molar-refractivity contribution is 9.10. The first-order chi connectivity index (χ1) is 14.6. The van der Waals surface area contributed by atoms with Crippen LogP contribution in [0, 0.1) is 0 Å². The van der Waals surface area contributed by atoms with Crippen molar-refractivity contribution in [1.82, 2.24) is 9.97 Å². The molecule has 0 saturated carbocycles. The smallest absolute Gasteiger partial charge is 0.243 e. The van der Waals surface area contributed by atoms with E-state index in [1.807, 2.05) is 53.4 Å². The summed E-state index contributed by atoms with van der Waals surface area (Å²) < 4.78 is 0.738. The normalized spacial score (nSPS) is 18.4. The van der Waals surface area contributed by atoms with Gasteiger partial charge in [-0.05, 0) is 39.9 Å². The maximum Gasteiger partial charge on any atom is 0.243 e. The number of rotatable bonds is 7. The quantitative estimate of drug-likeness (QED) is 0.552. The molecule has 2 aromatic carbocycles. The molecule has 1 atom stereocenters. The highest BCUT2D eigenvalue weighted by Gasteiger charge is 2.47. The molecule has 30 heavy (non-hydrogen) atoms. The summed E-state index contributed by atoms with van der Waals surface area (Å²) in [7, 11) is 0. The molecule has 2 heterocycles. The van der Waals surface area contributed by atoms with Gasteiger partial charge in [0.2, 0.25) is 5.91 Å². The Kier molecular flexibility index (Phi) is 5.99. The Bertz CT molecular complexity index is 1010. The van der Waals surface area contributed by atoms with Crippen LogP contribution in [0.5, 0.6) is 0 Å². The van der Waals surface area contributed by atoms with Crippen molar-refractivity contribution in [3.8, 4) is 0 Å². The highest BCUT2D eigenvalue weighted by atomic mass is 79.9. The molecular formula is C23H24BrN5O. The van der Waals surface area contributed by atoms with E-state index in [-0.39, 0.29) is 5.91 Å². The van der Waals surface area contributed by atoms with Crippen molar-refractivity contribution >= 4 is 33.5 Å². The summed E-state index contributed by atoms with van der Waals surface area (Å²) >= 11 is 3.67. The Morgan fingerprint density at radius 2 is 1.73 bits per heavy atom. The monoisotopic (exact) mass is 465 g/mol. The first-order valence-corrected chi connectivity index (χ1v) is 10.8. The van der Waals surface area contributed by atoms with Crippen LogP contribution in [0.25, 0.3) is 0 Å². The predicted octanol–water partition coefficient (Wildman–Crippen LogP) is 3.92. The molecule has 6 nitrogen and oxygen atoms in total. The molecule has 0 aliphatic carbocycles. The van der Waals surface area contributed by atoms with E-state index in [4.69, 9.17) is 5.73 Å². The van der Waals surface area contributed by atoms with Gasteiger partial charge >= 0.3 is 0 Å². The average Bonchev–Trinajstić information content (AvgIpc) is 3.19. The molecule has 1 aromatic heterocycles. The van der Waals surface area contributed by atoms with Crippen LogP contribution in [-0.2, 0) is 17.8 Å². The molecule has 7 heteroatoms. The molecule has 0 radical (unpaired) electrons. The molecule has 1 aliphatic rings. The molecule has 1 saturated heterocycles. The zero-order valence-electron chi connectivity index (χ0n) is 16.6. The number of hydrogen-bond acceptors (Lipinski definition) is 5. The third kappa shape index (κ3) is 4.03. The number of halogens is 1. The molecule has 1 aliphatic heterocycles. The van der Waals surface area contributed by atoms with Crippen LogP contribution < -0.4 is 16.0 Å². The van der Waals surface area contributed by atoms with Gasteiger partial charge in [0.25, 0.3) is 0 Å². The fourth-order valence-electron chi connectivity index (χ4n) is 4.10. The summed E-state index contributed by atoms with van der Waals surface area (Å²) in [5.41, 5.74) is 7.40. The number of amides is 1. The molecule has 1 unspecified atom stereocenters. The summed E-state index contributed by atoms with van der Waals surface area (Å²) in [6.07, 6.45) is 3.64. The van der Waals surface area contributed by atoms with Gasteiger partial charge in [0, 0.05) is 19.5 Å². The summed E-state index contributed by atoms with van der Waals surface area (Å²) in [6, 6.07) is 20.1. The molecule has 0 spiro atoms. The number of aromatic nitrogens is 2. The Morgan fingerprint density at radius 1 is 1.07 bits per heavy atom. The van der Waals surface area contributed by atoms with Crippen LogP contribution in [-0.4, -0.2) is 28.0 Å². The molecule has 3 N–H and O–H groups in total. The zero-order valence-corrected chi connectivity index (χ0v) is 18.2. The zero-order chi connectivity index (χ0) is 21.0. The number of carbonyl (C=O) groups is 1. The van der Waals surface area contributed by atoms with E-state index >= 15 is 0 Å². The van der Waals surface area contributed by atoms with Gasteiger partial charge in [-0.25, -0.2) is 9.97 Å².